The molecule has 1 aromatic rings. The summed E-state index contributed by atoms with van der Waals surface area (Å²) in [5, 5.41) is 3.30. The van der Waals surface area contributed by atoms with E-state index in [1.165, 1.54) is 12.8 Å². The van der Waals surface area contributed by atoms with Crippen LogP contribution in [-0.4, -0.2) is 48.7 Å². The van der Waals surface area contributed by atoms with Crippen molar-refractivity contribution < 1.29 is 9.53 Å². The maximum absolute atomic E-state index is 13.0. The Hall–Kier alpha value is -1.39. The molecule has 1 aromatic carbocycles. The van der Waals surface area contributed by atoms with Crippen molar-refractivity contribution in [2.75, 3.05) is 26.2 Å². The Balaban J connectivity index is 1.68. The van der Waals surface area contributed by atoms with Gasteiger partial charge in [-0.1, -0.05) is 30.3 Å². The van der Waals surface area contributed by atoms with Crippen molar-refractivity contribution in [2.45, 2.75) is 57.1 Å². The van der Waals surface area contributed by atoms with Gasteiger partial charge in [0.1, 0.15) is 0 Å². The van der Waals surface area contributed by atoms with Gasteiger partial charge >= 0.3 is 0 Å². The number of nitrogens with one attached hydrogen (secondary N) is 1. The topological polar surface area (TPSA) is 41.6 Å². The van der Waals surface area contributed by atoms with Crippen LogP contribution in [0.1, 0.15) is 51.0 Å². The van der Waals surface area contributed by atoms with Crippen LogP contribution in [0.4, 0.5) is 0 Å². The first kappa shape index (κ1) is 17.4. The fourth-order valence-corrected chi connectivity index (χ4v) is 3.91. The lowest BCUT2D eigenvalue weighted by Crippen LogP contribution is -2.48. The first-order valence-electron chi connectivity index (χ1n) is 9.25. The van der Waals surface area contributed by atoms with Crippen molar-refractivity contribution in [3.05, 3.63) is 35.9 Å². The number of benzene rings is 1. The molecular formula is C20H30N2O2. The number of amides is 1. The average molecular weight is 330 g/mol. The molecule has 0 spiro atoms. The molecule has 2 saturated heterocycles. The highest BCUT2D eigenvalue weighted by molar-refractivity contribution is 5.84. The normalized spacial score (nSPS) is 25.3. The molecule has 4 heteroatoms. The molecule has 24 heavy (non-hydrogen) atoms. The predicted molar refractivity (Wildman–Crippen MR) is 96.1 cm³/mol. The maximum Gasteiger partial charge on any atom is 0.229 e. The van der Waals surface area contributed by atoms with E-state index in [0.717, 1.165) is 44.6 Å². The number of rotatable bonds is 5. The first-order valence-corrected chi connectivity index (χ1v) is 9.25. The second-order valence-electron chi connectivity index (χ2n) is 7.78. The van der Waals surface area contributed by atoms with Gasteiger partial charge in [0.25, 0.3) is 0 Å². The van der Waals surface area contributed by atoms with Crippen LogP contribution in [0, 0.1) is 0 Å². The molecule has 132 valence electrons. The zero-order valence-corrected chi connectivity index (χ0v) is 15.0. The molecule has 0 saturated carbocycles. The highest BCUT2D eigenvalue weighted by Gasteiger charge is 2.32. The Morgan fingerprint density at radius 1 is 1.29 bits per heavy atom. The van der Waals surface area contributed by atoms with E-state index in [9.17, 15) is 4.79 Å². The van der Waals surface area contributed by atoms with Crippen LogP contribution in [0.3, 0.4) is 0 Å². The van der Waals surface area contributed by atoms with Gasteiger partial charge in [-0.05, 0) is 58.2 Å². The van der Waals surface area contributed by atoms with Gasteiger partial charge in [0.2, 0.25) is 5.91 Å². The van der Waals surface area contributed by atoms with Gasteiger partial charge in [0, 0.05) is 19.2 Å². The SMILES string of the molecule is CC1(C)CC(NC(=O)C(CN2CCCC2)c2ccccc2)CCO1. The number of carbonyl (C=O) groups is 1. The zero-order valence-electron chi connectivity index (χ0n) is 15.0. The third-order valence-electron chi connectivity index (χ3n) is 5.20. The fourth-order valence-electron chi connectivity index (χ4n) is 3.91. The number of hydrogen-bond donors (Lipinski definition) is 1. The van der Waals surface area contributed by atoms with Crippen LogP contribution < -0.4 is 5.32 Å². The Bertz CT molecular complexity index is 538. The molecule has 2 atom stereocenters. The lowest BCUT2D eigenvalue weighted by molar-refractivity contribution is -0.126. The third kappa shape index (κ3) is 4.58. The Morgan fingerprint density at radius 2 is 2.00 bits per heavy atom. The summed E-state index contributed by atoms with van der Waals surface area (Å²) in [6.45, 7) is 7.97. The second-order valence-corrected chi connectivity index (χ2v) is 7.78. The highest BCUT2D eigenvalue weighted by atomic mass is 16.5. The van der Waals surface area contributed by atoms with Crippen molar-refractivity contribution in [3.63, 3.8) is 0 Å². The molecule has 1 amide bonds. The number of carbonyl (C=O) groups excluding carboxylic acids is 1. The third-order valence-corrected chi connectivity index (χ3v) is 5.20. The minimum atomic E-state index is -0.145. The van der Waals surface area contributed by atoms with Crippen molar-refractivity contribution >= 4 is 5.91 Å². The molecule has 2 unspecified atom stereocenters. The molecule has 4 nitrogen and oxygen atoms in total. The Kier molecular flexibility index (Phi) is 5.57. The Labute approximate surface area is 145 Å². The summed E-state index contributed by atoms with van der Waals surface area (Å²) < 4.78 is 5.77. The molecular weight excluding hydrogens is 300 g/mol. The lowest BCUT2D eigenvalue weighted by atomic mass is 9.92. The van der Waals surface area contributed by atoms with E-state index in [0.29, 0.717) is 0 Å². The van der Waals surface area contributed by atoms with E-state index in [-0.39, 0.29) is 23.5 Å². The molecule has 2 aliphatic heterocycles. The smallest absolute Gasteiger partial charge is 0.229 e. The van der Waals surface area contributed by atoms with Crippen LogP contribution in [0.15, 0.2) is 30.3 Å². The van der Waals surface area contributed by atoms with E-state index < -0.39 is 0 Å². The number of ether oxygens (including phenoxy) is 1. The van der Waals surface area contributed by atoms with Crippen LogP contribution >= 0.6 is 0 Å². The number of hydrogen-bond acceptors (Lipinski definition) is 3. The maximum atomic E-state index is 13.0. The average Bonchev–Trinajstić information content (AvgIpc) is 3.05. The van der Waals surface area contributed by atoms with Gasteiger partial charge in [-0.2, -0.15) is 0 Å². The highest BCUT2D eigenvalue weighted by Crippen LogP contribution is 2.26. The van der Waals surface area contributed by atoms with Crippen molar-refractivity contribution in [2.24, 2.45) is 0 Å². The molecule has 1 N–H and O–H groups in total. The van der Waals surface area contributed by atoms with Crippen LogP contribution in [0.25, 0.3) is 0 Å². The molecule has 0 aromatic heterocycles. The van der Waals surface area contributed by atoms with Crippen molar-refractivity contribution in [3.8, 4) is 0 Å². The summed E-state index contributed by atoms with van der Waals surface area (Å²) >= 11 is 0. The Morgan fingerprint density at radius 3 is 2.67 bits per heavy atom. The monoisotopic (exact) mass is 330 g/mol. The van der Waals surface area contributed by atoms with Crippen LogP contribution in [0.2, 0.25) is 0 Å². The molecule has 2 aliphatic rings. The van der Waals surface area contributed by atoms with Gasteiger partial charge in [-0.25, -0.2) is 0 Å². The predicted octanol–water partition coefficient (Wildman–Crippen LogP) is 2.94. The molecule has 3 rings (SSSR count). The molecule has 0 aliphatic carbocycles. The molecule has 0 bridgehead atoms. The van der Waals surface area contributed by atoms with Gasteiger partial charge in [0.15, 0.2) is 0 Å². The van der Waals surface area contributed by atoms with E-state index in [2.05, 4.69) is 36.2 Å². The minimum absolute atomic E-state index is 0.0877. The summed E-state index contributed by atoms with van der Waals surface area (Å²) in [5.41, 5.74) is 0.973. The summed E-state index contributed by atoms with van der Waals surface area (Å²) in [6.07, 6.45) is 4.28. The van der Waals surface area contributed by atoms with E-state index in [4.69, 9.17) is 4.74 Å². The van der Waals surface area contributed by atoms with Crippen LogP contribution in [0.5, 0.6) is 0 Å². The van der Waals surface area contributed by atoms with Crippen molar-refractivity contribution in [1.29, 1.82) is 0 Å². The van der Waals surface area contributed by atoms with Gasteiger partial charge in [-0.15, -0.1) is 0 Å². The molecule has 0 radical (unpaired) electrons. The summed E-state index contributed by atoms with van der Waals surface area (Å²) in [6, 6.07) is 10.4. The van der Waals surface area contributed by atoms with E-state index >= 15 is 0 Å². The van der Waals surface area contributed by atoms with Gasteiger partial charge in [0.05, 0.1) is 11.5 Å². The zero-order chi connectivity index (χ0) is 17.0. The largest absolute Gasteiger partial charge is 0.375 e. The number of nitrogens with zero attached hydrogens (tertiary/aromatic N) is 1. The number of likely N-dealkylation sites (tertiary alicyclic amines) is 1. The fraction of sp³-hybridized carbons (Fsp3) is 0.650. The van der Waals surface area contributed by atoms with Crippen molar-refractivity contribution in [1.82, 2.24) is 10.2 Å². The molecule has 2 heterocycles. The minimum Gasteiger partial charge on any atom is -0.375 e. The first-order chi connectivity index (χ1) is 11.5. The van der Waals surface area contributed by atoms with E-state index in [1.54, 1.807) is 0 Å². The van der Waals surface area contributed by atoms with E-state index in [1.807, 2.05) is 18.2 Å². The molecule has 2 fully saturated rings. The standard InChI is InChI=1S/C20H30N2O2/c1-20(2)14-17(10-13-24-20)21-19(23)18(15-22-11-6-7-12-22)16-8-4-3-5-9-16/h3-5,8-9,17-18H,6-7,10-15H2,1-2H3,(H,21,23). The lowest BCUT2D eigenvalue weighted by Gasteiger charge is -2.36. The van der Waals surface area contributed by atoms with Gasteiger partial charge in [-0.3, -0.25) is 4.79 Å². The second kappa shape index (κ2) is 7.66. The van der Waals surface area contributed by atoms with Gasteiger partial charge < -0.3 is 15.0 Å². The summed E-state index contributed by atoms with van der Waals surface area (Å²) in [4.78, 5) is 15.5. The summed E-state index contributed by atoms with van der Waals surface area (Å²) in [7, 11) is 0. The summed E-state index contributed by atoms with van der Waals surface area (Å²) in [5.74, 6) is 0.0751. The van der Waals surface area contributed by atoms with Crippen LogP contribution in [-0.2, 0) is 9.53 Å². The quantitative estimate of drug-likeness (QED) is 0.902.